The standard InChI is InChI=1S/C20H32O/c1-3-17-21-18-11-9-7-5-4-6-8-10-12-20-15-13-19(2)14-16-20/h6-9,13-15,20H,3-5,10-12,16-18H2,1-2H3/b8-6+,9-7+. The normalized spacial score (nSPS) is 18.8. The molecule has 0 fully saturated rings. The lowest BCUT2D eigenvalue weighted by Crippen LogP contribution is -1.98. The van der Waals surface area contributed by atoms with Gasteiger partial charge in [-0.3, -0.25) is 0 Å². The first-order valence-corrected chi connectivity index (χ1v) is 8.55. The molecule has 0 amide bonds. The van der Waals surface area contributed by atoms with E-state index in [2.05, 4.69) is 56.4 Å². The Morgan fingerprint density at radius 2 is 1.76 bits per heavy atom. The fraction of sp³-hybridized carbons (Fsp3) is 0.600. The number of hydrogen-bond donors (Lipinski definition) is 0. The summed E-state index contributed by atoms with van der Waals surface area (Å²) in [6.07, 6.45) is 24.3. The van der Waals surface area contributed by atoms with Crippen LogP contribution in [-0.2, 0) is 4.74 Å². The lowest BCUT2D eigenvalue weighted by atomic mass is 9.93. The van der Waals surface area contributed by atoms with E-state index in [9.17, 15) is 0 Å². The second-order valence-corrected chi connectivity index (χ2v) is 5.80. The molecule has 0 aromatic heterocycles. The fourth-order valence-corrected chi connectivity index (χ4v) is 2.36. The van der Waals surface area contributed by atoms with Crippen LogP contribution in [0.2, 0.25) is 0 Å². The molecule has 0 heterocycles. The van der Waals surface area contributed by atoms with Crippen LogP contribution in [0.25, 0.3) is 0 Å². The molecule has 1 heteroatoms. The third-order valence-corrected chi connectivity index (χ3v) is 3.69. The van der Waals surface area contributed by atoms with Gasteiger partial charge in [-0.05, 0) is 57.8 Å². The van der Waals surface area contributed by atoms with Gasteiger partial charge in [-0.25, -0.2) is 0 Å². The molecule has 1 aliphatic carbocycles. The lowest BCUT2D eigenvalue weighted by molar-refractivity contribution is 0.139. The first-order valence-electron chi connectivity index (χ1n) is 8.55. The van der Waals surface area contributed by atoms with Gasteiger partial charge in [0, 0.05) is 6.61 Å². The van der Waals surface area contributed by atoms with Gasteiger partial charge in [-0.2, -0.15) is 0 Å². The molecular weight excluding hydrogens is 256 g/mol. The van der Waals surface area contributed by atoms with Gasteiger partial charge < -0.3 is 4.74 Å². The molecule has 1 aliphatic rings. The Bertz CT molecular complexity index is 360. The van der Waals surface area contributed by atoms with Crippen molar-refractivity contribution in [2.45, 2.75) is 58.8 Å². The second kappa shape index (κ2) is 12.6. The summed E-state index contributed by atoms with van der Waals surface area (Å²) in [4.78, 5) is 0. The highest BCUT2D eigenvalue weighted by molar-refractivity contribution is 5.21. The minimum absolute atomic E-state index is 0.751. The maximum Gasteiger partial charge on any atom is 0.0500 e. The molecule has 0 aromatic rings. The van der Waals surface area contributed by atoms with Gasteiger partial charge in [-0.15, -0.1) is 0 Å². The zero-order valence-corrected chi connectivity index (χ0v) is 13.9. The van der Waals surface area contributed by atoms with Crippen molar-refractivity contribution in [3.05, 3.63) is 48.1 Å². The third kappa shape index (κ3) is 10.3. The first-order chi connectivity index (χ1) is 10.3. The molecule has 0 spiro atoms. The summed E-state index contributed by atoms with van der Waals surface area (Å²) in [5.41, 5.74) is 1.41. The Hall–Kier alpha value is -1.08. The number of hydrogen-bond acceptors (Lipinski definition) is 1. The monoisotopic (exact) mass is 288 g/mol. The summed E-state index contributed by atoms with van der Waals surface area (Å²) in [6.45, 7) is 6.08. The average molecular weight is 288 g/mol. The van der Waals surface area contributed by atoms with Crippen molar-refractivity contribution < 1.29 is 4.74 Å². The summed E-state index contributed by atoms with van der Waals surface area (Å²) in [5, 5.41) is 0. The van der Waals surface area contributed by atoms with Crippen LogP contribution in [0.3, 0.4) is 0 Å². The summed E-state index contributed by atoms with van der Waals surface area (Å²) < 4.78 is 5.43. The molecule has 1 unspecified atom stereocenters. The summed E-state index contributed by atoms with van der Waals surface area (Å²) >= 11 is 0. The molecule has 0 saturated carbocycles. The van der Waals surface area contributed by atoms with Gasteiger partial charge in [0.05, 0.1) is 6.61 Å². The molecule has 1 atom stereocenters. The van der Waals surface area contributed by atoms with Crippen LogP contribution in [0.4, 0.5) is 0 Å². The van der Waals surface area contributed by atoms with Crippen LogP contribution in [0.1, 0.15) is 58.8 Å². The van der Waals surface area contributed by atoms with E-state index >= 15 is 0 Å². The SMILES string of the molecule is CCCOCC/C=C/CC/C=C/CCC1C=CC(C)=CC1. The average Bonchev–Trinajstić information content (AvgIpc) is 2.50. The van der Waals surface area contributed by atoms with Gasteiger partial charge >= 0.3 is 0 Å². The summed E-state index contributed by atoms with van der Waals surface area (Å²) in [7, 11) is 0. The van der Waals surface area contributed by atoms with Gasteiger partial charge in [0.1, 0.15) is 0 Å². The van der Waals surface area contributed by atoms with Crippen LogP contribution >= 0.6 is 0 Å². The smallest absolute Gasteiger partial charge is 0.0500 e. The van der Waals surface area contributed by atoms with E-state index in [0.29, 0.717) is 0 Å². The lowest BCUT2D eigenvalue weighted by Gasteiger charge is -2.13. The minimum atomic E-state index is 0.751. The number of rotatable bonds is 11. The number of ether oxygens (including phenoxy) is 1. The van der Waals surface area contributed by atoms with Crippen molar-refractivity contribution in [2.75, 3.05) is 13.2 Å². The Kier molecular flexibility index (Phi) is 10.8. The topological polar surface area (TPSA) is 9.23 Å². The van der Waals surface area contributed by atoms with Crippen molar-refractivity contribution >= 4 is 0 Å². The van der Waals surface area contributed by atoms with Gasteiger partial charge in [0.2, 0.25) is 0 Å². The Morgan fingerprint density at radius 3 is 2.43 bits per heavy atom. The maximum atomic E-state index is 5.43. The van der Waals surface area contributed by atoms with Crippen molar-refractivity contribution in [3.8, 4) is 0 Å². The molecule has 1 nitrogen and oxygen atoms in total. The van der Waals surface area contributed by atoms with E-state index in [1.165, 1.54) is 24.8 Å². The molecule has 0 saturated heterocycles. The van der Waals surface area contributed by atoms with Crippen LogP contribution < -0.4 is 0 Å². The van der Waals surface area contributed by atoms with Crippen molar-refractivity contribution in [2.24, 2.45) is 5.92 Å². The fourth-order valence-electron chi connectivity index (χ4n) is 2.36. The van der Waals surface area contributed by atoms with E-state index in [4.69, 9.17) is 4.74 Å². The second-order valence-electron chi connectivity index (χ2n) is 5.80. The van der Waals surface area contributed by atoms with Crippen molar-refractivity contribution in [1.82, 2.24) is 0 Å². The highest BCUT2D eigenvalue weighted by atomic mass is 16.5. The van der Waals surface area contributed by atoms with E-state index in [-0.39, 0.29) is 0 Å². The zero-order valence-electron chi connectivity index (χ0n) is 13.9. The van der Waals surface area contributed by atoms with Crippen molar-refractivity contribution in [1.29, 1.82) is 0 Å². The van der Waals surface area contributed by atoms with Crippen LogP contribution in [-0.4, -0.2) is 13.2 Å². The molecular formula is C20H32O. The molecule has 1 rings (SSSR count). The van der Waals surface area contributed by atoms with E-state index < -0.39 is 0 Å². The maximum absolute atomic E-state index is 5.43. The number of unbranched alkanes of at least 4 members (excludes halogenated alkanes) is 1. The Balaban J connectivity index is 1.91. The molecule has 0 N–H and O–H groups in total. The van der Waals surface area contributed by atoms with Gasteiger partial charge in [0.25, 0.3) is 0 Å². The molecule has 0 radical (unpaired) electrons. The van der Waals surface area contributed by atoms with E-state index in [1.54, 1.807) is 0 Å². The van der Waals surface area contributed by atoms with Crippen LogP contribution in [0.15, 0.2) is 48.1 Å². The Labute approximate surface area is 131 Å². The van der Waals surface area contributed by atoms with Crippen LogP contribution in [0, 0.1) is 5.92 Å². The van der Waals surface area contributed by atoms with Gasteiger partial charge in [-0.1, -0.05) is 55.0 Å². The zero-order chi connectivity index (χ0) is 15.2. The molecule has 0 bridgehead atoms. The summed E-state index contributed by atoms with van der Waals surface area (Å²) in [6, 6.07) is 0. The molecule has 118 valence electrons. The predicted molar refractivity (Wildman–Crippen MR) is 93.5 cm³/mol. The number of allylic oxidation sites excluding steroid dienone is 7. The van der Waals surface area contributed by atoms with E-state index in [1.807, 2.05) is 0 Å². The third-order valence-electron chi connectivity index (χ3n) is 3.69. The summed E-state index contributed by atoms with van der Waals surface area (Å²) in [5.74, 6) is 0.751. The highest BCUT2D eigenvalue weighted by Crippen LogP contribution is 2.20. The van der Waals surface area contributed by atoms with Crippen molar-refractivity contribution in [3.63, 3.8) is 0 Å². The largest absolute Gasteiger partial charge is 0.381 e. The first kappa shape index (κ1) is 18.0. The molecule has 0 aromatic carbocycles. The quantitative estimate of drug-likeness (QED) is 0.335. The van der Waals surface area contributed by atoms with Crippen LogP contribution in [0.5, 0.6) is 0 Å². The predicted octanol–water partition coefficient (Wildman–Crippen LogP) is 6.00. The molecule has 21 heavy (non-hydrogen) atoms. The Morgan fingerprint density at radius 1 is 1.05 bits per heavy atom. The van der Waals surface area contributed by atoms with Gasteiger partial charge in [0.15, 0.2) is 0 Å². The highest BCUT2D eigenvalue weighted by Gasteiger charge is 2.05. The molecule has 0 aliphatic heterocycles. The van der Waals surface area contributed by atoms with E-state index in [0.717, 1.165) is 44.8 Å². The minimum Gasteiger partial charge on any atom is -0.381 e.